The SMILES string of the molecule is CCNC(=NCCCN(CC)S(C)(=O)=O)N1CCC(C)CC1.I. The lowest BCUT2D eigenvalue weighted by Crippen LogP contribution is -2.45. The Labute approximate surface area is 159 Å². The van der Waals surface area contributed by atoms with Crippen LogP contribution in [0.5, 0.6) is 0 Å². The summed E-state index contributed by atoms with van der Waals surface area (Å²) in [6.45, 7) is 10.9. The summed E-state index contributed by atoms with van der Waals surface area (Å²) in [6.07, 6.45) is 4.43. The second-order valence-electron chi connectivity index (χ2n) is 6.01. The van der Waals surface area contributed by atoms with Crippen LogP contribution in [0.1, 0.15) is 40.0 Å². The van der Waals surface area contributed by atoms with Gasteiger partial charge in [-0.25, -0.2) is 12.7 Å². The summed E-state index contributed by atoms with van der Waals surface area (Å²) in [7, 11) is -3.09. The number of nitrogens with one attached hydrogen (secondary N) is 1. The van der Waals surface area contributed by atoms with E-state index < -0.39 is 10.0 Å². The van der Waals surface area contributed by atoms with E-state index in [9.17, 15) is 8.42 Å². The summed E-state index contributed by atoms with van der Waals surface area (Å²) >= 11 is 0. The number of guanidine groups is 1. The molecule has 8 heteroatoms. The van der Waals surface area contributed by atoms with Crippen LogP contribution < -0.4 is 5.32 Å². The van der Waals surface area contributed by atoms with Gasteiger partial charge in [-0.15, -0.1) is 24.0 Å². The molecule has 1 N–H and O–H groups in total. The van der Waals surface area contributed by atoms with Crippen LogP contribution in [-0.2, 0) is 10.0 Å². The van der Waals surface area contributed by atoms with Crippen molar-refractivity contribution in [3.05, 3.63) is 0 Å². The highest BCUT2D eigenvalue weighted by molar-refractivity contribution is 14.0. The van der Waals surface area contributed by atoms with Gasteiger partial charge in [-0.3, -0.25) is 4.99 Å². The molecule has 0 spiro atoms. The lowest BCUT2D eigenvalue weighted by Gasteiger charge is -2.33. The zero-order chi connectivity index (χ0) is 16.6. The molecule has 1 heterocycles. The first-order chi connectivity index (χ1) is 10.4. The highest BCUT2D eigenvalue weighted by Crippen LogP contribution is 2.15. The second kappa shape index (κ2) is 11.5. The van der Waals surface area contributed by atoms with E-state index in [0.29, 0.717) is 19.6 Å². The maximum Gasteiger partial charge on any atom is 0.211 e. The summed E-state index contributed by atoms with van der Waals surface area (Å²) in [5, 5.41) is 3.34. The predicted molar refractivity (Wildman–Crippen MR) is 108 cm³/mol. The molecule has 0 radical (unpaired) electrons. The Morgan fingerprint density at radius 3 is 2.39 bits per heavy atom. The molecule has 0 atom stereocenters. The van der Waals surface area contributed by atoms with Crippen molar-refractivity contribution in [2.45, 2.75) is 40.0 Å². The number of rotatable bonds is 7. The van der Waals surface area contributed by atoms with Crippen LogP contribution >= 0.6 is 24.0 Å². The Morgan fingerprint density at radius 1 is 1.30 bits per heavy atom. The average molecular weight is 460 g/mol. The average Bonchev–Trinajstić information content (AvgIpc) is 2.45. The summed E-state index contributed by atoms with van der Waals surface area (Å²) in [6, 6.07) is 0. The molecule has 0 aromatic rings. The number of hydrogen-bond acceptors (Lipinski definition) is 3. The first-order valence-corrected chi connectivity index (χ1v) is 10.2. The zero-order valence-corrected chi connectivity index (χ0v) is 18.1. The van der Waals surface area contributed by atoms with Crippen molar-refractivity contribution >= 4 is 40.0 Å². The highest BCUT2D eigenvalue weighted by atomic mass is 127. The molecular weight excluding hydrogens is 427 g/mol. The van der Waals surface area contributed by atoms with Crippen molar-refractivity contribution in [1.82, 2.24) is 14.5 Å². The molecule has 0 bridgehead atoms. The minimum Gasteiger partial charge on any atom is -0.357 e. The van der Waals surface area contributed by atoms with Gasteiger partial charge in [0.1, 0.15) is 0 Å². The van der Waals surface area contributed by atoms with Crippen LogP contribution in [0.25, 0.3) is 0 Å². The third-order valence-electron chi connectivity index (χ3n) is 4.07. The molecule has 1 saturated heterocycles. The Morgan fingerprint density at radius 2 is 1.91 bits per heavy atom. The Bertz CT molecular complexity index is 448. The van der Waals surface area contributed by atoms with E-state index in [2.05, 4.69) is 29.1 Å². The number of likely N-dealkylation sites (tertiary alicyclic amines) is 1. The normalized spacial score (nSPS) is 17.3. The third kappa shape index (κ3) is 8.53. The second-order valence-corrected chi connectivity index (χ2v) is 8.00. The van der Waals surface area contributed by atoms with Gasteiger partial charge in [0.25, 0.3) is 0 Å². The minimum absolute atomic E-state index is 0. The Hall–Kier alpha value is -0.0900. The molecule has 1 aliphatic heterocycles. The van der Waals surface area contributed by atoms with Gasteiger partial charge >= 0.3 is 0 Å². The quantitative estimate of drug-likeness (QED) is 0.273. The highest BCUT2D eigenvalue weighted by Gasteiger charge is 2.18. The van der Waals surface area contributed by atoms with Crippen LogP contribution in [0.3, 0.4) is 0 Å². The summed E-state index contributed by atoms with van der Waals surface area (Å²) in [5.74, 6) is 1.77. The molecular formula is C15H33IN4O2S. The maximum atomic E-state index is 11.5. The van der Waals surface area contributed by atoms with Crippen LogP contribution in [-0.4, -0.2) is 69.1 Å². The molecule has 0 saturated carbocycles. The summed E-state index contributed by atoms with van der Waals surface area (Å²) < 4.78 is 24.6. The van der Waals surface area contributed by atoms with E-state index in [1.165, 1.54) is 23.4 Å². The largest absolute Gasteiger partial charge is 0.357 e. The van der Waals surface area contributed by atoms with E-state index in [1.807, 2.05) is 6.92 Å². The van der Waals surface area contributed by atoms with E-state index in [-0.39, 0.29) is 24.0 Å². The minimum atomic E-state index is -3.09. The number of sulfonamides is 1. The lowest BCUT2D eigenvalue weighted by molar-refractivity contribution is 0.273. The van der Waals surface area contributed by atoms with Gasteiger partial charge in [0.05, 0.1) is 6.26 Å². The van der Waals surface area contributed by atoms with Gasteiger partial charge in [0, 0.05) is 39.3 Å². The molecule has 1 rings (SSSR count). The smallest absolute Gasteiger partial charge is 0.211 e. The zero-order valence-electron chi connectivity index (χ0n) is 14.9. The van der Waals surface area contributed by atoms with Crippen molar-refractivity contribution in [2.75, 3.05) is 45.5 Å². The first kappa shape index (κ1) is 22.9. The lowest BCUT2D eigenvalue weighted by atomic mass is 10.00. The maximum absolute atomic E-state index is 11.5. The van der Waals surface area contributed by atoms with Crippen molar-refractivity contribution in [3.63, 3.8) is 0 Å². The van der Waals surface area contributed by atoms with Crippen LogP contribution in [0.15, 0.2) is 4.99 Å². The predicted octanol–water partition coefficient (Wildman–Crippen LogP) is 1.97. The third-order valence-corrected chi connectivity index (χ3v) is 5.45. The van der Waals surface area contributed by atoms with Gasteiger partial charge in [-0.05, 0) is 32.1 Å². The molecule has 0 aromatic heterocycles. The van der Waals surface area contributed by atoms with E-state index in [1.54, 1.807) is 0 Å². The van der Waals surface area contributed by atoms with Crippen molar-refractivity contribution < 1.29 is 8.42 Å². The van der Waals surface area contributed by atoms with Crippen LogP contribution in [0.2, 0.25) is 0 Å². The number of hydrogen-bond donors (Lipinski definition) is 1. The Kier molecular flexibility index (Phi) is 11.4. The van der Waals surface area contributed by atoms with Gasteiger partial charge in [0.2, 0.25) is 10.0 Å². The topological polar surface area (TPSA) is 65.0 Å². The van der Waals surface area contributed by atoms with E-state index in [4.69, 9.17) is 0 Å². The molecule has 138 valence electrons. The number of aliphatic imine (C=N–C) groups is 1. The fourth-order valence-corrected chi connectivity index (χ4v) is 3.57. The van der Waals surface area contributed by atoms with Gasteiger partial charge in [-0.1, -0.05) is 13.8 Å². The van der Waals surface area contributed by atoms with Gasteiger partial charge in [-0.2, -0.15) is 0 Å². The van der Waals surface area contributed by atoms with Gasteiger partial charge in [0.15, 0.2) is 5.96 Å². The molecule has 0 aromatic carbocycles. The molecule has 1 fully saturated rings. The van der Waals surface area contributed by atoms with Crippen molar-refractivity contribution in [3.8, 4) is 0 Å². The van der Waals surface area contributed by atoms with E-state index in [0.717, 1.165) is 37.9 Å². The standard InChI is InChI=1S/C15H32N4O2S.HI/c1-5-16-15(18-12-8-14(3)9-13-18)17-10-7-11-19(6-2)22(4,20)21;/h14H,5-13H2,1-4H3,(H,16,17);1H. The number of halogens is 1. The number of piperidine rings is 1. The molecule has 23 heavy (non-hydrogen) atoms. The van der Waals surface area contributed by atoms with Crippen molar-refractivity contribution in [1.29, 1.82) is 0 Å². The van der Waals surface area contributed by atoms with E-state index >= 15 is 0 Å². The van der Waals surface area contributed by atoms with Gasteiger partial charge < -0.3 is 10.2 Å². The molecule has 0 unspecified atom stereocenters. The fraction of sp³-hybridized carbons (Fsp3) is 0.933. The van der Waals surface area contributed by atoms with Crippen molar-refractivity contribution in [2.24, 2.45) is 10.9 Å². The monoisotopic (exact) mass is 460 g/mol. The molecule has 6 nitrogen and oxygen atoms in total. The molecule has 0 aliphatic carbocycles. The Balaban J connectivity index is 0.00000484. The summed E-state index contributed by atoms with van der Waals surface area (Å²) in [5.41, 5.74) is 0. The fourth-order valence-electron chi connectivity index (χ4n) is 2.64. The van der Waals surface area contributed by atoms with Crippen LogP contribution in [0, 0.1) is 5.92 Å². The number of nitrogens with zero attached hydrogens (tertiary/aromatic N) is 3. The summed E-state index contributed by atoms with van der Waals surface area (Å²) in [4.78, 5) is 6.98. The first-order valence-electron chi connectivity index (χ1n) is 8.36. The molecule has 1 aliphatic rings. The van der Waals surface area contributed by atoms with Crippen LogP contribution in [0.4, 0.5) is 0 Å². The molecule has 0 amide bonds.